The maximum absolute atomic E-state index is 5.16. The smallest absolute Gasteiger partial charge is 0.171 e. The third-order valence-corrected chi connectivity index (χ3v) is 2.95. The lowest BCUT2D eigenvalue weighted by Gasteiger charge is -2.29. The number of hydrogen-bond donors (Lipinski definition) is 2. The monoisotopic (exact) mass is 218 g/mol. The van der Waals surface area contributed by atoms with Crippen molar-refractivity contribution in [2.45, 2.75) is 19.9 Å². The molecule has 2 rings (SSSR count). The van der Waals surface area contributed by atoms with Gasteiger partial charge in [-0.15, -0.1) is 0 Å². The molecule has 3 heteroatoms. The molecule has 1 aromatic rings. The normalized spacial score (nSPS) is 20.9. The van der Waals surface area contributed by atoms with Crippen LogP contribution in [0.2, 0.25) is 0 Å². The first-order valence-corrected chi connectivity index (χ1v) is 5.39. The summed E-state index contributed by atoms with van der Waals surface area (Å²) >= 11 is 5.16. The van der Waals surface area contributed by atoms with E-state index in [-0.39, 0.29) is 6.04 Å². The summed E-state index contributed by atoms with van der Waals surface area (Å²) in [7, 11) is 0. The minimum Gasteiger partial charge on any atom is -0.352 e. The van der Waals surface area contributed by atoms with Crippen LogP contribution in [0.4, 0.5) is 0 Å². The Labute approximate surface area is 95.4 Å². The second-order valence-electron chi connectivity index (χ2n) is 3.75. The van der Waals surface area contributed by atoms with Crippen molar-refractivity contribution in [2.75, 3.05) is 0 Å². The Morgan fingerprint density at radius 1 is 1.13 bits per heavy atom. The highest BCUT2D eigenvalue weighted by Gasteiger charge is 2.20. The lowest BCUT2D eigenvalue weighted by atomic mass is 9.97. The third kappa shape index (κ3) is 2.02. The van der Waals surface area contributed by atoms with Crippen molar-refractivity contribution >= 4 is 17.3 Å². The Hall–Kier alpha value is -1.35. The summed E-state index contributed by atoms with van der Waals surface area (Å²) in [6.07, 6.45) is 0. The van der Waals surface area contributed by atoms with Crippen LogP contribution in [0.15, 0.2) is 41.6 Å². The van der Waals surface area contributed by atoms with Gasteiger partial charge in [0.1, 0.15) is 0 Å². The molecule has 2 nitrogen and oxygen atoms in total. The van der Waals surface area contributed by atoms with Crippen LogP contribution in [-0.4, -0.2) is 5.11 Å². The fourth-order valence-electron chi connectivity index (χ4n) is 1.74. The van der Waals surface area contributed by atoms with E-state index in [0.717, 1.165) is 5.70 Å². The largest absolute Gasteiger partial charge is 0.352 e. The van der Waals surface area contributed by atoms with Crippen molar-refractivity contribution in [3.05, 3.63) is 47.2 Å². The average molecular weight is 218 g/mol. The van der Waals surface area contributed by atoms with E-state index in [1.807, 2.05) is 18.2 Å². The summed E-state index contributed by atoms with van der Waals surface area (Å²) in [6.45, 7) is 4.17. The quantitative estimate of drug-likeness (QED) is 0.708. The molecule has 1 heterocycles. The number of hydrogen-bond acceptors (Lipinski definition) is 1. The van der Waals surface area contributed by atoms with Gasteiger partial charge < -0.3 is 10.6 Å². The molecule has 2 N–H and O–H groups in total. The third-order valence-electron chi connectivity index (χ3n) is 2.73. The van der Waals surface area contributed by atoms with Gasteiger partial charge in [-0.1, -0.05) is 30.3 Å². The van der Waals surface area contributed by atoms with E-state index in [1.54, 1.807) is 0 Å². The van der Waals surface area contributed by atoms with Gasteiger partial charge in [0.05, 0.1) is 6.04 Å². The molecule has 1 aliphatic heterocycles. The Morgan fingerprint density at radius 2 is 1.80 bits per heavy atom. The fraction of sp³-hybridized carbons (Fsp3) is 0.250. The van der Waals surface area contributed by atoms with Gasteiger partial charge in [-0.3, -0.25) is 0 Å². The second-order valence-corrected chi connectivity index (χ2v) is 4.16. The maximum atomic E-state index is 5.16. The number of rotatable bonds is 1. The molecule has 1 aliphatic rings. The summed E-state index contributed by atoms with van der Waals surface area (Å²) in [5.41, 5.74) is 3.68. The van der Waals surface area contributed by atoms with Crippen molar-refractivity contribution in [3.63, 3.8) is 0 Å². The molecule has 0 aliphatic carbocycles. The molecule has 1 atom stereocenters. The molecule has 0 spiro atoms. The van der Waals surface area contributed by atoms with E-state index in [1.165, 1.54) is 11.1 Å². The van der Waals surface area contributed by atoms with Gasteiger partial charge in [0, 0.05) is 5.70 Å². The molecule has 0 bridgehead atoms. The fourth-order valence-corrected chi connectivity index (χ4v) is 2.01. The molecule has 1 aromatic carbocycles. The van der Waals surface area contributed by atoms with E-state index < -0.39 is 0 Å². The van der Waals surface area contributed by atoms with Gasteiger partial charge in [0.2, 0.25) is 0 Å². The molecule has 0 unspecified atom stereocenters. The van der Waals surface area contributed by atoms with Crippen molar-refractivity contribution < 1.29 is 0 Å². The van der Waals surface area contributed by atoms with E-state index in [4.69, 9.17) is 12.2 Å². The standard InChI is InChI=1S/C12H14N2S/c1-8-9(2)13-12(15)14-11(8)10-6-4-3-5-7-10/h3-7,11H,1-2H3,(H2,13,14,15)/t11-/m1/s1. The van der Waals surface area contributed by atoms with Gasteiger partial charge in [-0.2, -0.15) is 0 Å². The predicted molar refractivity (Wildman–Crippen MR) is 66.4 cm³/mol. The Kier molecular flexibility index (Phi) is 2.73. The minimum atomic E-state index is 0.208. The summed E-state index contributed by atoms with van der Waals surface area (Å²) in [6, 6.07) is 10.6. The lowest BCUT2D eigenvalue weighted by Crippen LogP contribution is -2.42. The van der Waals surface area contributed by atoms with Gasteiger partial charge in [0.25, 0.3) is 0 Å². The first-order chi connectivity index (χ1) is 7.18. The van der Waals surface area contributed by atoms with Crippen molar-refractivity contribution in [3.8, 4) is 0 Å². The summed E-state index contributed by atoms with van der Waals surface area (Å²) in [5.74, 6) is 0. The van der Waals surface area contributed by atoms with Crippen LogP contribution >= 0.6 is 12.2 Å². The topological polar surface area (TPSA) is 24.1 Å². The first-order valence-electron chi connectivity index (χ1n) is 4.98. The van der Waals surface area contributed by atoms with Gasteiger partial charge in [-0.25, -0.2) is 0 Å². The van der Waals surface area contributed by atoms with E-state index >= 15 is 0 Å². The van der Waals surface area contributed by atoms with Crippen molar-refractivity contribution in [2.24, 2.45) is 0 Å². The molecule has 0 amide bonds. The Bertz CT molecular complexity index is 409. The molecule has 0 saturated heterocycles. The van der Waals surface area contributed by atoms with Crippen LogP contribution in [0.1, 0.15) is 25.5 Å². The SMILES string of the molecule is CC1=C(C)[C@H](c2ccccc2)NC(=S)N1. The Morgan fingerprint density at radius 3 is 2.47 bits per heavy atom. The van der Waals surface area contributed by atoms with Crippen LogP contribution in [0.25, 0.3) is 0 Å². The van der Waals surface area contributed by atoms with Crippen molar-refractivity contribution in [1.82, 2.24) is 10.6 Å². The van der Waals surface area contributed by atoms with Crippen molar-refractivity contribution in [1.29, 1.82) is 0 Å². The van der Waals surface area contributed by atoms with Crippen LogP contribution in [0, 0.1) is 0 Å². The Balaban J connectivity index is 2.37. The zero-order valence-electron chi connectivity index (χ0n) is 8.87. The maximum Gasteiger partial charge on any atom is 0.171 e. The highest BCUT2D eigenvalue weighted by atomic mass is 32.1. The van der Waals surface area contributed by atoms with E-state index in [9.17, 15) is 0 Å². The van der Waals surface area contributed by atoms with Gasteiger partial charge >= 0.3 is 0 Å². The summed E-state index contributed by atoms with van der Waals surface area (Å²) in [5, 5.41) is 7.10. The number of allylic oxidation sites excluding steroid dienone is 1. The zero-order chi connectivity index (χ0) is 10.8. The predicted octanol–water partition coefficient (Wildman–Crippen LogP) is 2.50. The highest BCUT2D eigenvalue weighted by molar-refractivity contribution is 7.80. The molecule has 0 radical (unpaired) electrons. The van der Waals surface area contributed by atoms with Crippen LogP contribution in [0.3, 0.4) is 0 Å². The first kappa shape index (κ1) is 10.2. The van der Waals surface area contributed by atoms with E-state index in [0.29, 0.717) is 5.11 Å². The van der Waals surface area contributed by atoms with Gasteiger partial charge in [-0.05, 0) is 37.2 Å². The lowest BCUT2D eigenvalue weighted by molar-refractivity contribution is 0.690. The van der Waals surface area contributed by atoms with Gasteiger partial charge in [0.15, 0.2) is 5.11 Å². The van der Waals surface area contributed by atoms with E-state index in [2.05, 4.69) is 36.6 Å². The molecular weight excluding hydrogens is 204 g/mol. The van der Waals surface area contributed by atoms with Crippen LogP contribution < -0.4 is 10.6 Å². The molecule has 15 heavy (non-hydrogen) atoms. The zero-order valence-corrected chi connectivity index (χ0v) is 9.69. The molecule has 0 saturated carbocycles. The second kappa shape index (κ2) is 4.03. The molecule has 0 aromatic heterocycles. The average Bonchev–Trinajstić information content (AvgIpc) is 2.24. The number of thiocarbonyl (C=S) groups is 1. The number of benzene rings is 1. The minimum absolute atomic E-state index is 0.208. The van der Waals surface area contributed by atoms with Crippen LogP contribution in [0.5, 0.6) is 0 Å². The molecule has 0 fully saturated rings. The molecule has 78 valence electrons. The summed E-state index contributed by atoms with van der Waals surface area (Å²) < 4.78 is 0. The number of nitrogens with one attached hydrogen (secondary N) is 2. The summed E-state index contributed by atoms with van der Waals surface area (Å²) in [4.78, 5) is 0. The van der Waals surface area contributed by atoms with Crippen LogP contribution in [-0.2, 0) is 0 Å². The highest BCUT2D eigenvalue weighted by Crippen LogP contribution is 2.25. The molecular formula is C12H14N2S.